The summed E-state index contributed by atoms with van der Waals surface area (Å²) in [7, 11) is 0. The Bertz CT molecular complexity index is 894. The van der Waals surface area contributed by atoms with Gasteiger partial charge in [-0.2, -0.15) is 15.3 Å². The first-order chi connectivity index (χ1) is 14.0. The SMILES string of the molecule is Cc1cnc(Nc2cnn(CC(F)F)c2)nc1NCC1CCCN1C(=O)CC#N. The molecule has 1 fully saturated rings. The molecule has 2 aromatic rings. The summed E-state index contributed by atoms with van der Waals surface area (Å²) in [5.74, 6) is 0.764. The number of anilines is 3. The van der Waals surface area contributed by atoms with Gasteiger partial charge in [0.1, 0.15) is 18.8 Å². The number of hydrogen-bond donors (Lipinski definition) is 2. The predicted octanol–water partition coefficient (Wildman–Crippen LogP) is 2.31. The van der Waals surface area contributed by atoms with Crippen molar-refractivity contribution in [3.63, 3.8) is 0 Å². The number of halogens is 2. The zero-order valence-electron chi connectivity index (χ0n) is 16.0. The van der Waals surface area contributed by atoms with E-state index >= 15 is 0 Å². The highest BCUT2D eigenvalue weighted by atomic mass is 19.3. The fraction of sp³-hybridized carbons (Fsp3) is 0.500. The van der Waals surface area contributed by atoms with E-state index in [9.17, 15) is 13.6 Å². The molecule has 0 aliphatic carbocycles. The summed E-state index contributed by atoms with van der Waals surface area (Å²) in [6.45, 7) is 2.55. The van der Waals surface area contributed by atoms with E-state index in [1.807, 2.05) is 13.0 Å². The summed E-state index contributed by atoms with van der Waals surface area (Å²) in [5.41, 5.74) is 1.33. The lowest BCUT2D eigenvalue weighted by atomic mass is 10.2. The number of amides is 1. The van der Waals surface area contributed by atoms with Crippen LogP contribution in [0.3, 0.4) is 0 Å². The lowest BCUT2D eigenvalue weighted by Crippen LogP contribution is -2.39. The molecule has 2 aromatic heterocycles. The van der Waals surface area contributed by atoms with Gasteiger partial charge in [-0.05, 0) is 19.8 Å². The van der Waals surface area contributed by atoms with E-state index in [-0.39, 0.29) is 18.4 Å². The normalized spacial score (nSPS) is 16.1. The molecule has 9 nitrogen and oxygen atoms in total. The Morgan fingerprint density at radius 1 is 1.45 bits per heavy atom. The molecule has 0 aromatic carbocycles. The third-order valence-electron chi connectivity index (χ3n) is 4.62. The van der Waals surface area contributed by atoms with Gasteiger partial charge in [-0.1, -0.05) is 0 Å². The van der Waals surface area contributed by atoms with Crippen LogP contribution in [0.25, 0.3) is 0 Å². The number of hydrogen-bond acceptors (Lipinski definition) is 7. The lowest BCUT2D eigenvalue weighted by Gasteiger charge is -2.24. The summed E-state index contributed by atoms with van der Waals surface area (Å²) in [6, 6.07) is 1.91. The quantitative estimate of drug-likeness (QED) is 0.694. The van der Waals surface area contributed by atoms with Crippen molar-refractivity contribution < 1.29 is 13.6 Å². The third-order valence-corrected chi connectivity index (χ3v) is 4.62. The molecule has 2 N–H and O–H groups in total. The second kappa shape index (κ2) is 9.27. The van der Waals surface area contributed by atoms with Crippen LogP contribution in [-0.2, 0) is 11.3 Å². The average Bonchev–Trinajstić information content (AvgIpc) is 3.31. The maximum Gasteiger partial charge on any atom is 0.257 e. The summed E-state index contributed by atoms with van der Waals surface area (Å²) in [6.07, 6.45) is 3.70. The summed E-state index contributed by atoms with van der Waals surface area (Å²) >= 11 is 0. The van der Waals surface area contributed by atoms with E-state index < -0.39 is 13.0 Å². The smallest absolute Gasteiger partial charge is 0.257 e. The first kappa shape index (κ1) is 20.4. The average molecular weight is 404 g/mol. The van der Waals surface area contributed by atoms with Crippen LogP contribution in [-0.4, -0.2) is 56.1 Å². The van der Waals surface area contributed by atoms with Crippen molar-refractivity contribution in [2.75, 3.05) is 23.7 Å². The van der Waals surface area contributed by atoms with Gasteiger partial charge >= 0.3 is 0 Å². The Labute approximate surface area is 166 Å². The van der Waals surface area contributed by atoms with Crippen LogP contribution in [0.2, 0.25) is 0 Å². The number of nitrogens with one attached hydrogen (secondary N) is 2. The second-order valence-corrected chi connectivity index (χ2v) is 6.79. The van der Waals surface area contributed by atoms with Crippen LogP contribution in [0.15, 0.2) is 18.6 Å². The van der Waals surface area contributed by atoms with Crippen LogP contribution < -0.4 is 10.6 Å². The van der Waals surface area contributed by atoms with Crippen LogP contribution in [0.4, 0.5) is 26.2 Å². The van der Waals surface area contributed by atoms with Gasteiger partial charge in [0.15, 0.2) is 0 Å². The van der Waals surface area contributed by atoms with Gasteiger partial charge in [0.05, 0.1) is 18.0 Å². The maximum atomic E-state index is 12.4. The molecule has 3 heterocycles. The number of rotatable bonds is 8. The highest BCUT2D eigenvalue weighted by Gasteiger charge is 2.28. The van der Waals surface area contributed by atoms with Gasteiger partial charge in [0.25, 0.3) is 6.43 Å². The Hall–Kier alpha value is -3.29. The van der Waals surface area contributed by atoms with Gasteiger partial charge in [-0.25, -0.2) is 13.8 Å². The molecule has 29 heavy (non-hydrogen) atoms. The van der Waals surface area contributed by atoms with Crippen LogP contribution in [0, 0.1) is 18.3 Å². The van der Waals surface area contributed by atoms with E-state index in [0.29, 0.717) is 30.5 Å². The number of carbonyl (C=O) groups excluding carboxylic acids is 1. The molecule has 0 radical (unpaired) electrons. The molecule has 1 unspecified atom stereocenters. The molecule has 0 bridgehead atoms. The van der Waals surface area contributed by atoms with Crippen LogP contribution >= 0.6 is 0 Å². The lowest BCUT2D eigenvalue weighted by molar-refractivity contribution is -0.130. The Kier molecular flexibility index (Phi) is 6.54. The minimum atomic E-state index is -2.48. The van der Waals surface area contributed by atoms with E-state index in [4.69, 9.17) is 5.26 Å². The van der Waals surface area contributed by atoms with Crippen molar-refractivity contribution in [2.45, 2.75) is 45.2 Å². The Morgan fingerprint density at radius 3 is 3.03 bits per heavy atom. The van der Waals surface area contributed by atoms with Crippen molar-refractivity contribution >= 4 is 23.4 Å². The molecular formula is C18H22F2N8O. The molecule has 0 spiro atoms. The molecule has 1 atom stereocenters. The maximum absolute atomic E-state index is 12.4. The topological polar surface area (TPSA) is 112 Å². The molecule has 1 aliphatic rings. The molecule has 1 aliphatic heterocycles. The summed E-state index contributed by atoms with van der Waals surface area (Å²) in [4.78, 5) is 22.4. The molecule has 154 valence electrons. The number of carbonyl (C=O) groups is 1. The number of likely N-dealkylation sites (tertiary alicyclic amines) is 1. The highest BCUT2D eigenvalue weighted by Crippen LogP contribution is 2.21. The zero-order chi connectivity index (χ0) is 20.8. The number of aryl methyl sites for hydroxylation is 1. The minimum Gasteiger partial charge on any atom is -0.368 e. The molecule has 3 rings (SSSR count). The molecule has 0 saturated carbocycles. The second-order valence-electron chi connectivity index (χ2n) is 6.79. The van der Waals surface area contributed by atoms with Crippen LogP contribution in [0.1, 0.15) is 24.8 Å². The van der Waals surface area contributed by atoms with Gasteiger partial charge < -0.3 is 15.5 Å². The van der Waals surface area contributed by atoms with Crippen molar-refractivity contribution in [3.05, 3.63) is 24.2 Å². The fourth-order valence-corrected chi connectivity index (χ4v) is 3.24. The van der Waals surface area contributed by atoms with Gasteiger partial charge in [-0.3, -0.25) is 9.48 Å². The third kappa shape index (κ3) is 5.37. The zero-order valence-corrected chi connectivity index (χ0v) is 16.0. The minimum absolute atomic E-state index is 0.00852. The van der Waals surface area contributed by atoms with E-state index in [2.05, 4.69) is 25.7 Å². The Morgan fingerprint density at radius 2 is 2.28 bits per heavy atom. The molecule has 11 heteroatoms. The van der Waals surface area contributed by atoms with Crippen molar-refractivity contribution in [3.8, 4) is 6.07 Å². The summed E-state index contributed by atoms with van der Waals surface area (Å²) < 4.78 is 26.0. The number of aromatic nitrogens is 4. The van der Waals surface area contributed by atoms with Crippen molar-refractivity contribution in [1.82, 2.24) is 24.6 Å². The molecule has 1 amide bonds. The van der Waals surface area contributed by atoms with Gasteiger partial charge in [0.2, 0.25) is 11.9 Å². The number of alkyl halides is 2. The molecule has 1 saturated heterocycles. The largest absolute Gasteiger partial charge is 0.368 e. The first-order valence-electron chi connectivity index (χ1n) is 9.28. The monoisotopic (exact) mass is 404 g/mol. The standard InChI is InChI=1S/C18H22F2N8O/c1-12-7-23-18(25-13-8-24-27(10-13)11-15(19)20)26-17(12)22-9-14-3-2-6-28(14)16(29)4-5-21/h7-8,10,14-15H,2-4,6,9,11H2,1H3,(H2,22,23,25,26). The van der Waals surface area contributed by atoms with Crippen LogP contribution in [0.5, 0.6) is 0 Å². The van der Waals surface area contributed by atoms with Crippen molar-refractivity contribution in [1.29, 1.82) is 5.26 Å². The van der Waals surface area contributed by atoms with E-state index in [1.165, 1.54) is 12.4 Å². The van der Waals surface area contributed by atoms with E-state index in [0.717, 1.165) is 23.1 Å². The van der Waals surface area contributed by atoms with Gasteiger partial charge in [0, 0.05) is 37.1 Å². The fourth-order valence-electron chi connectivity index (χ4n) is 3.24. The summed E-state index contributed by atoms with van der Waals surface area (Å²) in [5, 5.41) is 18.8. The first-order valence-corrected chi connectivity index (χ1v) is 9.28. The van der Waals surface area contributed by atoms with Gasteiger partial charge in [-0.15, -0.1) is 0 Å². The Balaban J connectivity index is 1.62. The highest BCUT2D eigenvalue weighted by molar-refractivity contribution is 5.78. The molecular weight excluding hydrogens is 382 g/mol. The van der Waals surface area contributed by atoms with Crippen molar-refractivity contribution in [2.24, 2.45) is 0 Å². The van der Waals surface area contributed by atoms with E-state index in [1.54, 1.807) is 11.1 Å². The number of nitrogens with zero attached hydrogens (tertiary/aromatic N) is 6. The predicted molar refractivity (Wildman–Crippen MR) is 102 cm³/mol. The number of nitriles is 1.